The third-order valence-electron chi connectivity index (χ3n) is 5.58. The summed E-state index contributed by atoms with van der Waals surface area (Å²) < 4.78 is 6.71. The highest BCUT2D eigenvalue weighted by Crippen LogP contribution is 2.35. The summed E-state index contributed by atoms with van der Waals surface area (Å²) in [7, 11) is 1.68. The van der Waals surface area contributed by atoms with Crippen LogP contribution >= 0.6 is 27.3 Å². The van der Waals surface area contributed by atoms with E-state index in [1.165, 1.54) is 4.88 Å². The molecule has 0 saturated carbocycles. The number of carbonyl (C=O) groups is 1. The van der Waals surface area contributed by atoms with E-state index in [-0.39, 0.29) is 11.9 Å². The molecule has 1 saturated heterocycles. The van der Waals surface area contributed by atoms with Crippen LogP contribution in [0.25, 0.3) is 6.08 Å². The molecule has 158 valence electrons. The summed E-state index contributed by atoms with van der Waals surface area (Å²) in [6.07, 6.45) is 5.87. The monoisotopic (exact) mass is 487 g/mol. The molecule has 2 aliphatic rings. The van der Waals surface area contributed by atoms with E-state index in [9.17, 15) is 4.79 Å². The highest BCUT2D eigenvalue weighted by molar-refractivity contribution is 9.10. The number of hydrogen-bond donors (Lipinski definition) is 1. The zero-order valence-electron chi connectivity index (χ0n) is 17.4. The number of anilines is 1. The zero-order valence-corrected chi connectivity index (χ0v) is 19.8. The van der Waals surface area contributed by atoms with Crippen LogP contribution in [0.3, 0.4) is 0 Å². The van der Waals surface area contributed by atoms with Gasteiger partial charge in [-0.2, -0.15) is 0 Å². The van der Waals surface area contributed by atoms with Crippen LogP contribution in [0.2, 0.25) is 0 Å². The van der Waals surface area contributed by atoms with Crippen molar-refractivity contribution in [1.82, 2.24) is 10.2 Å². The number of piperidine rings is 1. The van der Waals surface area contributed by atoms with E-state index in [0.717, 1.165) is 58.8 Å². The average Bonchev–Trinajstić information content (AvgIpc) is 3.37. The fourth-order valence-electron chi connectivity index (χ4n) is 3.95. The van der Waals surface area contributed by atoms with Crippen LogP contribution in [-0.2, 0) is 4.79 Å². The molecule has 3 heterocycles. The Bertz CT molecular complexity index is 1010. The Labute approximate surface area is 190 Å². The molecule has 0 aliphatic carbocycles. The summed E-state index contributed by atoms with van der Waals surface area (Å²) in [4.78, 5) is 18.5. The Kier molecular flexibility index (Phi) is 6.20. The summed E-state index contributed by atoms with van der Waals surface area (Å²) in [6, 6.07) is 8.30. The second kappa shape index (κ2) is 8.86. The van der Waals surface area contributed by atoms with Crippen molar-refractivity contribution >= 4 is 44.9 Å². The molecule has 1 atom stereocenters. The number of nitrogens with zero attached hydrogens (tertiary/aromatic N) is 2. The van der Waals surface area contributed by atoms with Gasteiger partial charge >= 0.3 is 0 Å². The van der Waals surface area contributed by atoms with E-state index in [0.29, 0.717) is 0 Å². The first kappa shape index (κ1) is 21.0. The number of methoxy groups -OCH3 is 1. The van der Waals surface area contributed by atoms with Gasteiger partial charge in [0.15, 0.2) is 0 Å². The summed E-state index contributed by atoms with van der Waals surface area (Å²) in [5.41, 5.74) is 3.98. The first-order chi connectivity index (χ1) is 14.5. The summed E-state index contributed by atoms with van der Waals surface area (Å²) >= 11 is 5.20. The van der Waals surface area contributed by atoms with Gasteiger partial charge in [-0.15, -0.1) is 11.3 Å². The van der Waals surface area contributed by atoms with Gasteiger partial charge in [-0.1, -0.05) is 6.07 Å². The number of thiophene rings is 1. The molecule has 2 aliphatic heterocycles. The summed E-state index contributed by atoms with van der Waals surface area (Å²) in [5, 5.41) is 5.37. The predicted molar refractivity (Wildman–Crippen MR) is 127 cm³/mol. The largest absolute Gasteiger partial charge is 0.495 e. The van der Waals surface area contributed by atoms with Crippen LogP contribution < -0.4 is 15.0 Å². The van der Waals surface area contributed by atoms with E-state index < -0.39 is 0 Å². The Morgan fingerprint density at radius 3 is 2.83 bits per heavy atom. The molecular weight excluding hydrogens is 462 g/mol. The van der Waals surface area contributed by atoms with E-state index in [2.05, 4.69) is 62.8 Å². The number of halogens is 1. The Hall–Kier alpha value is -2.25. The van der Waals surface area contributed by atoms with Gasteiger partial charge in [0, 0.05) is 38.7 Å². The lowest BCUT2D eigenvalue weighted by Gasteiger charge is -2.33. The van der Waals surface area contributed by atoms with Crippen molar-refractivity contribution in [2.45, 2.75) is 32.7 Å². The standard InChI is InChI=1S/C23H26BrN3O2S/c1-15-12-26(14-25-15)20-7-6-17(10-21(20)29-3)9-18-5-4-8-27(23(18)28)16(2)22-11-19(24)13-30-22/h6-7,9-13,16,25H,4-5,8,14H2,1-3H3/b18-9+/t16-/m1/s1. The molecule has 2 aromatic rings. The van der Waals surface area contributed by atoms with Crippen LogP contribution in [-0.4, -0.2) is 31.1 Å². The lowest BCUT2D eigenvalue weighted by Crippen LogP contribution is -2.38. The van der Waals surface area contributed by atoms with Gasteiger partial charge < -0.3 is 19.9 Å². The maximum absolute atomic E-state index is 13.2. The van der Waals surface area contributed by atoms with Gasteiger partial charge in [-0.3, -0.25) is 4.79 Å². The van der Waals surface area contributed by atoms with E-state index in [1.807, 2.05) is 24.0 Å². The van der Waals surface area contributed by atoms with Crippen molar-refractivity contribution in [2.24, 2.45) is 0 Å². The minimum atomic E-state index is 0.0760. The number of benzene rings is 1. The van der Waals surface area contributed by atoms with Crippen LogP contribution in [0.4, 0.5) is 5.69 Å². The van der Waals surface area contributed by atoms with Crippen LogP contribution in [0.5, 0.6) is 5.75 Å². The van der Waals surface area contributed by atoms with Gasteiger partial charge in [0.1, 0.15) is 5.75 Å². The average molecular weight is 488 g/mol. The molecule has 1 N–H and O–H groups in total. The SMILES string of the molecule is COc1cc(/C=C2\CCCN([C@H](C)c3cc(Br)cs3)C2=O)ccc1N1C=C(C)NC1. The lowest BCUT2D eigenvalue weighted by molar-refractivity contribution is -0.130. The molecule has 4 rings (SSSR count). The van der Waals surface area contributed by atoms with Gasteiger partial charge in [-0.25, -0.2) is 0 Å². The third-order valence-corrected chi connectivity index (χ3v) is 7.44. The van der Waals surface area contributed by atoms with Crippen LogP contribution in [0.15, 0.2) is 51.6 Å². The minimum Gasteiger partial charge on any atom is -0.495 e. The predicted octanol–water partition coefficient (Wildman–Crippen LogP) is 5.51. The van der Waals surface area contributed by atoms with Crippen LogP contribution in [0, 0.1) is 0 Å². The molecule has 1 fully saturated rings. The first-order valence-corrected chi connectivity index (χ1v) is 11.8. The highest BCUT2D eigenvalue weighted by atomic mass is 79.9. The lowest BCUT2D eigenvalue weighted by atomic mass is 9.99. The highest BCUT2D eigenvalue weighted by Gasteiger charge is 2.28. The number of amides is 1. The Balaban J connectivity index is 1.57. The third kappa shape index (κ3) is 4.27. The molecular formula is C23H26BrN3O2S. The van der Waals surface area contributed by atoms with E-state index in [1.54, 1.807) is 18.4 Å². The number of hydrogen-bond acceptors (Lipinski definition) is 5. The number of rotatable bonds is 5. The minimum absolute atomic E-state index is 0.0760. The molecule has 7 heteroatoms. The Morgan fingerprint density at radius 1 is 1.33 bits per heavy atom. The normalized spacial score (nSPS) is 19.1. The zero-order chi connectivity index (χ0) is 21.3. The molecule has 1 aromatic carbocycles. The van der Waals surface area contributed by atoms with Gasteiger partial charge in [0.25, 0.3) is 0 Å². The smallest absolute Gasteiger partial charge is 0.250 e. The summed E-state index contributed by atoms with van der Waals surface area (Å²) in [6.45, 7) is 5.67. The molecule has 1 amide bonds. The number of allylic oxidation sites excluding steroid dienone is 1. The molecule has 1 aromatic heterocycles. The molecule has 30 heavy (non-hydrogen) atoms. The number of ether oxygens (including phenoxy) is 1. The second-order valence-corrected chi connectivity index (χ2v) is 9.52. The molecule has 0 radical (unpaired) electrons. The topological polar surface area (TPSA) is 44.8 Å². The maximum Gasteiger partial charge on any atom is 0.250 e. The molecule has 0 spiro atoms. The second-order valence-electron chi connectivity index (χ2n) is 7.66. The van der Waals surface area contributed by atoms with Crippen molar-refractivity contribution in [3.05, 3.63) is 62.0 Å². The fourth-order valence-corrected chi connectivity index (χ4v) is 5.46. The van der Waals surface area contributed by atoms with Gasteiger partial charge in [-0.05, 0) is 72.5 Å². The molecule has 5 nitrogen and oxygen atoms in total. The molecule has 0 unspecified atom stereocenters. The van der Waals surface area contributed by atoms with Crippen molar-refractivity contribution < 1.29 is 9.53 Å². The number of likely N-dealkylation sites (tertiary alicyclic amines) is 1. The number of nitrogens with one attached hydrogen (secondary N) is 1. The van der Waals surface area contributed by atoms with Crippen molar-refractivity contribution in [3.63, 3.8) is 0 Å². The summed E-state index contributed by atoms with van der Waals surface area (Å²) in [5.74, 6) is 0.928. The first-order valence-electron chi connectivity index (χ1n) is 10.1. The van der Waals surface area contributed by atoms with Crippen LogP contribution in [0.1, 0.15) is 43.2 Å². The van der Waals surface area contributed by atoms with Crippen molar-refractivity contribution in [2.75, 3.05) is 25.2 Å². The molecule has 0 bridgehead atoms. The van der Waals surface area contributed by atoms with Crippen molar-refractivity contribution in [1.29, 1.82) is 0 Å². The van der Waals surface area contributed by atoms with Gasteiger partial charge in [0.05, 0.1) is 25.5 Å². The van der Waals surface area contributed by atoms with E-state index >= 15 is 0 Å². The van der Waals surface area contributed by atoms with E-state index in [4.69, 9.17) is 4.74 Å². The fraction of sp³-hybridized carbons (Fsp3) is 0.348. The maximum atomic E-state index is 13.2. The van der Waals surface area contributed by atoms with Crippen molar-refractivity contribution in [3.8, 4) is 5.75 Å². The van der Waals surface area contributed by atoms with Gasteiger partial charge in [0.2, 0.25) is 5.91 Å². The number of carbonyl (C=O) groups excluding carboxylic acids is 1. The Morgan fingerprint density at radius 2 is 2.17 bits per heavy atom. The quantitative estimate of drug-likeness (QED) is 0.564.